The fourth-order valence-electron chi connectivity index (χ4n) is 2.04. The summed E-state index contributed by atoms with van der Waals surface area (Å²) in [6.45, 7) is 1.17. The van der Waals surface area contributed by atoms with Gasteiger partial charge in [0.15, 0.2) is 0 Å². The number of halogens is 2. The molecule has 22 heavy (non-hydrogen) atoms. The van der Waals surface area contributed by atoms with E-state index in [-0.39, 0.29) is 24.4 Å². The number of nitrogens with zero attached hydrogens (tertiary/aromatic N) is 1. The lowest BCUT2D eigenvalue weighted by Crippen LogP contribution is -2.39. The third kappa shape index (κ3) is 4.08. The summed E-state index contributed by atoms with van der Waals surface area (Å²) in [5.41, 5.74) is -0.981. The molecular weight excluding hydrogens is 290 g/mol. The van der Waals surface area contributed by atoms with Gasteiger partial charge >= 0.3 is 0 Å². The number of carbonyl (C=O) groups excluding carboxylic acids is 1. The maximum Gasteiger partial charge on any atom is 0.224 e. The molecule has 0 spiro atoms. The number of nitrogens with one attached hydrogen (secondary N) is 1. The molecule has 0 saturated heterocycles. The quantitative estimate of drug-likeness (QED) is 0.887. The van der Waals surface area contributed by atoms with Crippen LogP contribution in [0.4, 0.5) is 8.78 Å². The Labute approximate surface area is 126 Å². The number of benzene rings is 1. The van der Waals surface area contributed by atoms with E-state index in [1.165, 1.54) is 6.92 Å². The van der Waals surface area contributed by atoms with Crippen LogP contribution in [0.3, 0.4) is 0 Å². The molecule has 2 rings (SSSR count). The topological polar surface area (TPSA) is 62.2 Å². The smallest absolute Gasteiger partial charge is 0.224 e. The third-order valence-corrected chi connectivity index (χ3v) is 3.23. The van der Waals surface area contributed by atoms with Crippen molar-refractivity contribution < 1.29 is 18.7 Å². The number of amides is 1. The van der Waals surface area contributed by atoms with Gasteiger partial charge < -0.3 is 10.4 Å². The van der Waals surface area contributed by atoms with Crippen LogP contribution in [-0.2, 0) is 16.8 Å². The molecule has 4 nitrogen and oxygen atoms in total. The van der Waals surface area contributed by atoms with Gasteiger partial charge in [0.1, 0.15) is 17.2 Å². The normalized spacial score (nSPS) is 13.5. The maximum absolute atomic E-state index is 13.7. The molecule has 2 aromatic rings. The Morgan fingerprint density at radius 1 is 1.36 bits per heavy atom. The van der Waals surface area contributed by atoms with E-state index in [0.29, 0.717) is 6.07 Å². The van der Waals surface area contributed by atoms with Crippen molar-refractivity contribution in [3.05, 3.63) is 65.5 Å². The molecule has 1 heterocycles. The van der Waals surface area contributed by atoms with Crippen LogP contribution in [-0.4, -0.2) is 22.5 Å². The molecule has 0 fully saturated rings. The van der Waals surface area contributed by atoms with Gasteiger partial charge in [-0.2, -0.15) is 0 Å². The highest BCUT2D eigenvalue weighted by Crippen LogP contribution is 2.23. The number of aliphatic hydroxyl groups is 1. The second-order valence-electron chi connectivity index (χ2n) is 5.21. The van der Waals surface area contributed by atoms with Crippen molar-refractivity contribution in [1.82, 2.24) is 10.3 Å². The van der Waals surface area contributed by atoms with E-state index in [2.05, 4.69) is 10.3 Å². The van der Waals surface area contributed by atoms with Crippen molar-refractivity contribution in [3.8, 4) is 0 Å². The van der Waals surface area contributed by atoms with Gasteiger partial charge in [-0.25, -0.2) is 8.78 Å². The minimum absolute atomic E-state index is 0.0735. The van der Waals surface area contributed by atoms with Gasteiger partial charge in [0, 0.05) is 24.0 Å². The summed E-state index contributed by atoms with van der Waals surface area (Å²) in [6, 6.07) is 6.39. The van der Waals surface area contributed by atoms with Gasteiger partial charge in [-0.1, -0.05) is 12.1 Å². The lowest BCUT2D eigenvalue weighted by Gasteiger charge is -2.24. The number of aromatic nitrogens is 1. The summed E-state index contributed by atoms with van der Waals surface area (Å²) in [5.74, 6) is -1.90. The van der Waals surface area contributed by atoms with Crippen LogP contribution in [0.1, 0.15) is 18.1 Å². The SMILES string of the molecule is CC(O)(CNC(=O)Cc1cccnc1)c1ccc(F)cc1F. The molecule has 0 aliphatic carbocycles. The average molecular weight is 306 g/mol. The predicted molar refractivity (Wildman–Crippen MR) is 76.9 cm³/mol. The third-order valence-electron chi connectivity index (χ3n) is 3.23. The molecule has 1 atom stereocenters. The molecule has 0 aliphatic heterocycles. The first kappa shape index (κ1) is 16.0. The Hall–Kier alpha value is -2.34. The number of hydrogen-bond donors (Lipinski definition) is 2. The summed E-state index contributed by atoms with van der Waals surface area (Å²) in [7, 11) is 0. The number of rotatable bonds is 5. The molecular formula is C16H16F2N2O2. The molecule has 1 aromatic carbocycles. The Morgan fingerprint density at radius 3 is 2.77 bits per heavy atom. The molecule has 0 radical (unpaired) electrons. The van der Waals surface area contributed by atoms with Gasteiger partial charge in [0.25, 0.3) is 0 Å². The van der Waals surface area contributed by atoms with Gasteiger partial charge in [-0.05, 0) is 24.6 Å². The standard InChI is InChI=1S/C16H16F2N2O2/c1-16(22,13-5-4-12(17)8-14(13)18)10-20-15(21)7-11-3-2-6-19-9-11/h2-6,8-9,22H,7,10H2,1H3,(H,20,21). The molecule has 116 valence electrons. The highest BCUT2D eigenvalue weighted by Gasteiger charge is 2.27. The van der Waals surface area contributed by atoms with E-state index >= 15 is 0 Å². The van der Waals surface area contributed by atoms with E-state index < -0.39 is 17.2 Å². The van der Waals surface area contributed by atoms with Crippen molar-refractivity contribution in [2.75, 3.05) is 6.54 Å². The molecule has 1 unspecified atom stereocenters. The zero-order chi connectivity index (χ0) is 16.2. The van der Waals surface area contributed by atoms with Crippen LogP contribution < -0.4 is 5.32 Å². The van der Waals surface area contributed by atoms with Crippen molar-refractivity contribution in [2.45, 2.75) is 18.9 Å². The summed E-state index contributed by atoms with van der Waals surface area (Å²) in [6.07, 6.45) is 3.27. The van der Waals surface area contributed by atoms with Crippen LogP contribution in [0.15, 0.2) is 42.7 Å². The monoisotopic (exact) mass is 306 g/mol. The molecule has 1 aromatic heterocycles. The van der Waals surface area contributed by atoms with E-state index in [0.717, 1.165) is 17.7 Å². The van der Waals surface area contributed by atoms with E-state index in [1.54, 1.807) is 24.5 Å². The summed E-state index contributed by atoms with van der Waals surface area (Å²) < 4.78 is 26.6. The van der Waals surface area contributed by atoms with Crippen molar-refractivity contribution in [2.24, 2.45) is 0 Å². The molecule has 1 amide bonds. The fourth-order valence-corrected chi connectivity index (χ4v) is 2.04. The molecule has 6 heteroatoms. The highest BCUT2D eigenvalue weighted by molar-refractivity contribution is 5.78. The van der Waals surface area contributed by atoms with Gasteiger partial charge in [0.05, 0.1) is 13.0 Å². The Kier molecular flexibility index (Phi) is 4.82. The van der Waals surface area contributed by atoms with E-state index in [1.807, 2.05) is 0 Å². The van der Waals surface area contributed by atoms with Gasteiger partial charge in [-0.15, -0.1) is 0 Å². The Bertz CT molecular complexity index is 660. The van der Waals surface area contributed by atoms with Crippen LogP contribution in [0, 0.1) is 11.6 Å². The molecule has 0 bridgehead atoms. The summed E-state index contributed by atoms with van der Waals surface area (Å²) in [5, 5.41) is 12.8. The lowest BCUT2D eigenvalue weighted by molar-refractivity contribution is -0.121. The minimum Gasteiger partial charge on any atom is -0.383 e. The van der Waals surface area contributed by atoms with Crippen LogP contribution in [0.25, 0.3) is 0 Å². The molecule has 2 N–H and O–H groups in total. The summed E-state index contributed by atoms with van der Waals surface area (Å²) in [4.78, 5) is 15.7. The van der Waals surface area contributed by atoms with E-state index in [9.17, 15) is 18.7 Å². The first-order valence-corrected chi connectivity index (χ1v) is 6.72. The largest absolute Gasteiger partial charge is 0.383 e. The molecule has 0 saturated carbocycles. The van der Waals surface area contributed by atoms with Crippen molar-refractivity contribution >= 4 is 5.91 Å². The minimum atomic E-state index is -1.64. The first-order valence-electron chi connectivity index (χ1n) is 6.72. The van der Waals surface area contributed by atoms with Crippen LogP contribution >= 0.6 is 0 Å². The van der Waals surface area contributed by atoms with Gasteiger partial charge in [0.2, 0.25) is 5.91 Å². The average Bonchev–Trinajstić information content (AvgIpc) is 2.46. The van der Waals surface area contributed by atoms with Crippen LogP contribution in [0.2, 0.25) is 0 Å². The number of pyridine rings is 1. The predicted octanol–water partition coefficient (Wildman–Crippen LogP) is 1.93. The zero-order valence-corrected chi connectivity index (χ0v) is 12.0. The zero-order valence-electron chi connectivity index (χ0n) is 12.0. The van der Waals surface area contributed by atoms with Crippen molar-refractivity contribution in [1.29, 1.82) is 0 Å². The number of carbonyl (C=O) groups is 1. The highest BCUT2D eigenvalue weighted by atomic mass is 19.1. The lowest BCUT2D eigenvalue weighted by atomic mass is 9.95. The first-order chi connectivity index (χ1) is 10.4. The Balaban J connectivity index is 1.98. The Morgan fingerprint density at radius 2 is 2.14 bits per heavy atom. The van der Waals surface area contributed by atoms with Crippen molar-refractivity contribution in [3.63, 3.8) is 0 Å². The summed E-state index contributed by atoms with van der Waals surface area (Å²) >= 11 is 0. The van der Waals surface area contributed by atoms with Crippen LogP contribution in [0.5, 0.6) is 0 Å². The second-order valence-corrected chi connectivity index (χ2v) is 5.21. The maximum atomic E-state index is 13.7. The molecule has 0 aliphatic rings. The van der Waals surface area contributed by atoms with E-state index in [4.69, 9.17) is 0 Å². The fraction of sp³-hybridized carbons (Fsp3) is 0.250. The van der Waals surface area contributed by atoms with Gasteiger partial charge in [-0.3, -0.25) is 9.78 Å². The second kappa shape index (κ2) is 6.62. The number of hydrogen-bond acceptors (Lipinski definition) is 3.